The van der Waals surface area contributed by atoms with Crippen LogP contribution in [0.3, 0.4) is 0 Å². The van der Waals surface area contributed by atoms with E-state index in [0.29, 0.717) is 5.76 Å². The van der Waals surface area contributed by atoms with Crippen molar-refractivity contribution in [1.29, 1.82) is 0 Å². The number of furan rings is 1. The molecule has 0 aliphatic heterocycles. The minimum Gasteiger partial charge on any atom is -0.465 e. The number of ether oxygens (including phenoxy) is 1. The van der Waals surface area contributed by atoms with Gasteiger partial charge in [0.1, 0.15) is 12.3 Å². The van der Waals surface area contributed by atoms with Crippen LogP contribution in [0.25, 0.3) is 0 Å². The molecule has 0 atom stereocenters. The van der Waals surface area contributed by atoms with Crippen LogP contribution in [-0.2, 0) is 15.4 Å². The average Bonchev–Trinajstić information content (AvgIpc) is 2.68. The lowest BCUT2D eigenvalue weighted by Gasteiger charge is -2.02. The SMILES string of the molecule is CCOC(=O)CNC(=O)c1cc(CCl)c(C)o1. The van der Waals surface area contributed by atoms with Gasteiger partial charge in [0.25, 0.3) is 5.91 Å². The number of esters is 1. The van der Waals surface area contributed by atoms with E-state index in [1.807, 2.05) is 0 Å². The first-order chi connectivity index (χ1) is 8.08. The van der Waals surface area contributed by atoms with Gasteiger partial charge in [-0.1, -0.05) is 0 Å². The van der Waals surface area contributed by atoms with E-state index in [4.69, 9.17) is 16.0 Å². The zero-order chi connectivity index (χ0) is 12.8. The maximum atomic E-state index is 11.6. The van der Waals surface area contributed by atoms with Crippen molar-refractivity contribution in [2.24, 2.45) is 0 Å². The summed E-state index contributed by atoms with van der Waals surface area (Å²) in [4.78, 5) is 22.6. The molecule has 0 spiro atoms. The number of carbonyl (C=O) groups is 2. The summed E-state index contributed by atoms with van der Waals surface area (Å²) in [5.74, 6) is 0.0727. The number of amides is 1. The summed E-state index contributed by atoms with van der Waals surface area (Å²) in [7, 11) is 0. The van der Waals surface area contributed by atoms with Crippen LogP contribution in [0.2, 0.25) is 0 Å². The number of aryl methyl sites for hydroxylation is 1. The molecule has 0 aliphatic rings. The fraction of sp³-hybridized carbons (Fsp3) is 0.455. The second-order valence-electron chi connectivity index (χ2n) is 3.31. The van der Waals surface area contributed by atoms with Crippen LogP contribution in [0.1, 0.15) is 28.8 Å². The second kappa shape index (κ2) is 6.30. The molecule has 0 saturated carbocycles. The molecule has 94 valence electrons. The molecular weight excluding hydrogens is 246 g/mol. The predicted molar refractivity (Wildman–Crippen MR) is 62.0 cm³/mol. The first kappa shape index (κ1) is 13.6. The van der Waals surface area contributed by atoms with E-state index in [1.54, 1.807) is 19.9 Å². The van der Waals surface area contributed by atoms with Gasteiger partial charge in [0.2, 0.25) is 0 Å². The van der Waals surface area contributed by atoms with Gasteiger partial charge in [-0.15, -0.1) is 11.6 Å². The van der Waals surface area contributed by atoms with Crippen molar-refractivity contribution in [1.82, 2.24) is 5.32 Å². The summed E-state index contributed by atoms with van der Waals surface area (Å²) in [5, 5.41) is 2.40. The molecule has 0 saturated heterocycles. The van der Waals surface area contributed by atoms with Crippen molar-refractivity contribution < 1.29 is 18.7 Å². The van der Waals surface area contributed by atoms with Gasteiger partial charge in [0, 0.05) is 5.56 Å². The Morgan fingerprint density at radius 3 is 2.76 bits per heavy atom. The van der Waals surface area contributed by atoms with E-state index in [9.17, 15) is 9.59 Å². The fourth-order valence-corrected chi connectivity index (χ4v) is 1.48. The minimum atomic E-state index is -0.485. The highest BCUT2D eigenvalue weighted by molar-refractivity contribution is 6.17. The quantitative estimate of drug-likeness (QED) is 0.644. The van der Waals surface area contributed by atoms with Gasteiger partial charge in [0.05, 0.1) is 12.5 Å². The molecule has 1 N–H and O–H groups in total. The molecule has 1 aromatic heterocycles. The normalized spacial score (nSPS) is 10.1. The first-order valence-electron chi connectivity index (χ1n) is 5.17. The lowest BCUT2D eigenvalue weighted by atomic mass is 10.3. The van der Waals surface area contributed by atoms with Crippen LogP contribution in [0.5, 0.6) is 0 Å². The highest BCUT2D eigenvalue weighted by Crippen LogP contribution is 2.16. The van der Waals surface area contributed by atoms with Gasteiger partial charge < -0.3 is 14.5 Å². The summed E-state index contributed by atoms with van der Waals surface area (Å²) < 4.78 is 9.88. The zero-order valence-electron chi connectivity index (χ0n) is 9.71. The van der Waals surface area contributed by atoms with Crippen molar-refractivity contribution in [2.75, 3.05) is 13.2 Å². The second-order valence-corrected chi connectivity index (χ2v) is 3.58. The van der Waals surface area contributed by atoms with Crippen molar-refractivity contribution in [3.8, 4) is 0 Å². The van der Waals surface area contributed by atoms with Crippen molar-refractivity contribution in [2.45, 2.75) is 19.7 Å². The number of nitrogens with one attached hydrogen (secondary N) is 1. The van der Waals surface area contributed by atoms with Gasteiger partial charge in [-0.05, 0) is 19.9 Å². The zero-order valence-corrected chi connectivity index (χ0v) is 10.5. The van der Waals surface area contributed by atoms with Gasteiger partial charge in [-0.3, -0.25) is 9.59 Å². The number of carbonyl (C=O) groups excluding carboxylic acids is 2. The van der Waals surface area contributed by atoms with E-state index < -0.39 is 11.9 Å². The Kier molecular flexibility index (Phi) is 5.03. The molecule has 0 aromatic carbocycles. The lowest BCUT2D eigenvalue weighted by Crippen LogP contribution is -2.30. The van der Waals surface area contributed by atoms with Crippen molar-refractivity contribution in [3.63, 3.8) is 0 Å². The van der Waals surface area contributed by atoms with Crippen molar-refractivity contribution >= 4 is 23.5 Å². The van der Waals surface area contributed by atoms with Crippen LogP contribution >= 0.6 is 11.6 Å². The molecular formula is C11H14ClNO4. The largest absolute Gasteiger partial charge is 0.465 e. The molecule has 1 amide bonds. The van der Waals surface area contributed by atoms with Crippen LogP contribution in [-0.4, -0.2) is 25.0 Å². The van der Waals surface area contributed by atoms with Crippen LogP contribution < -0.4 is 5.32 Å². The minimum absolute atomic E-state index is 0.141. The summed E-state index contributed by atoms with van der Waals surface area (Å²) in [5.41, 5.74) is 0.757. The average molecular weight is 260 g/mol. The molecule has 0 bridgehead atoms. The summed E-state index contributed by atoms with van der Waals surface area (Å²) in [6.07, 6.45) is 0. The van der Waals surface area contributed by atoms with Crippen LogP contribution in [0.4, 0.5) is 0 Å². The summed E-state index contributed by atoms with van der Waals surface area (Å²) >= 11 is 5.65. The number of alkyl halides is 1. The van der Waals surface area contributed by atoms with E-state index in [0.717, 1.165) is 5.56 Å². The monoisotopic (exact) mass is 259 g/mol. The van der Waals surface area contributed by atoms with Crippen molar-refractivity contribution in [3.05, 3.63) is 23.2 Å². The Morgan fingerprint density at radius 2 is 2.24 bits per heavy atom. The Hall–Kier alpha value is -1.49. The number of rotatable bonds is 5. The Labute approximate surface area is 104 Å². The standard InChI is InChI=1S/C11H14ClNO4/c1-3-16-10(14)6-13-11(15)9-4-8(5-12)7(2)17-9/h4H,3,5-6H2,1-2H3,(H,13,15). The highest BCUT2D eigenvalue weighted by Gasteiger charge is 2.14. The smallest absolute Gasteiger partial charge is 0.325 e. The highest BCUT2D eigenvalue weighted by atomic mass is 35.5. The molecule has 1 aromatic rings. The maximum absolute atomic E-state index is 11.6. The molecule has 1 heterocycles. The lowest BCUT2D eigenvalue weighted by molar-refractivity contribution is -0.141. The Balaban J connectivity index is 2.55. The summed E-state index contributed by atoms with van der Waals surface area (Å²) in [6.45, 7) is 3.52. The Morgan fingerprint density at radius 1 is 1.53 bits per heavy atom. The fourth-order valence-electron chi connectivity index (χ4n) is 1.22. The third-order valence-electron chi connectivity index (χ3n) is 2.09. The predicted octanol–water partition coefficient (Wildman–Crippen LogP) is 1.62. The number of hydrogen-bond acceptors (Lipinski definition) is 4. The Bertz CT molecular complexity index is 414. The van der Waals surface area contributed by atoms with E-state index >= 15 is 0 Å². The number of hydrogen-bond donors (Lipinski definition) is 1. The molecule has 0 fully saturated rings. The van der Waals surface area contributed by atoms with Gasteiger partial charge >= 0.3 is 5.97 Å². The molecule has 0 aliphatic carbocycles. The molecule has 6 heteroatoms. The van der Waals surface area contributed by atoms with E-state index in [-0.39, 0.29) is 24.8 Å². The van der Waals surface area contributed by atoms with Gasteiger partial charge in [-0.25, -0.2) is 0 Å². The molecule has 17 heavy (non-hydrogen) atoms. The topological polar surface area (TPSA) is 68.5 Å². The van der Waals surface area contributed by atoms with E-state index in [2.05, 4.69) is 10.1 Å². The third-order valence-corrected chi connectivity index (χ3v) is 2.37. The third kappa shape index (κ3) is 3.78. The molecule has 0 radical (unpaired) electrons. The molecule has 0 unspecified atom stereocenters. The maximum Gasteiger partial charge on any atom is 0.325 e. The van der Waals surface area contributed by atoms with Gasteiger partial charge in [0.15, 0.2) is 5.76 Å². The van der Waals surface area contributed by atoms with Crippen LogP contribution in [0, 0.1) is 6.92 Å². The molecule has 5 nitrogen and oxygen atoms in total. The van der Waals surface area contributed by atoms with Gasteiger partial charge in [-0.2, -0.15) is 0 Å². The number of halogens is 1. The summed E-state index contributed by atoms with van der Waals surface area (Å²) in [6, 6.07) is 1.56. The molecule has 1 rings (SSSR count). The van der Waals surface area contributed by atoms with E-state index in [1.165, 1.54) is 0 Å². The van der Waals surface area contributed by atoms with Crippen LogP contribution in [0.15, 0.2) is 10.5 Å². The first-order valence-corrected chi connectivity index (χ1v) is 5.71.